The van der Waals surface area contributed by atoms with Crippen molar-refractivity contribution >= 4 is 39.5 Å². The first-order valence-corrected chi connectivity index (χ1v) is 10.8. The number of anilines is 1. The highest BCUT2D eigenvalue weighted by Crippen LogP contribution is 2.17. The number of ether oxygens (including phenoxy) is 1. The quantitative estimate of drug-likeness (QED) is 0.518. The number of carbonyl (C=O) groups is 3. The number of hydrogen-bond acceptors (Lipinski definition) is 4. The average molecular weight is 490 g/mol. The van der Waals surface area contributed by atoms with Gasteiger partial charge in [0.2, 0.25) is 11.8 Å². The van der Waals surface area contributed by atoms with Gasteiger partial charge in [0.25, 0.3) is 0 Å². The molecule has 0 atom stereocenters. The summed E-state index contributed by atoms with van der Waals surface area (Å²) in [6.07, 6.45) is -0.152. The first kappa shape index (κ1) is 24.4. The molecule has 2 aromatic carbocycles. The van der Waals surface area contributed by atoms with Crippen molar-refractivity contribution in [1.82, 2.24) is 10.6 Å². The van der Waals surface area contributed by atoms with Gasteiger partial charge in [-0.25, -0.2) is 4.79 Å². The van der Waals surface area contributed by atoms with Crippen molar-refractivity contribution in [1.29, 1.82) is 0 Å². The first-order chi connectivity index (χ1) is 14.6. The smallest absolute Gasteiger partial charge is 0.407 e. The minimum atomic E-state index is -0.579. The molecule has 3 amide bonds. The Labute approximate surface area is 191 Å². The molecule has 2 rings (SSSR count). The summed E-state index contributed by atoms with van der Waals surface area (Å²) in [4.78, 5) is 35.9. The van der Waals surface area contributed by atoms with Crippen LogP contribution in [0.25, 0.3) is 0 Å². The molecular weight excluding hydrogens is 462 g/mol. The van der Waals surface area contributed by atoms with Crippen LogP contribution in [0.1, 0.15) is 38.3 Å². The third-order valence-electron chi connectivity index (χ3n) is 4.03. The van der Waals surface area contributed by atoms with Crippen molar-refractivity contribution in [2.45, 2.75) is 45.8 Å². The standard InChI is InChI=1S/C23H28BrN3O4/c1-23(2,3)31-22(30)25-12-11-20(28)26-15-16-7-6-9-18(13-16)27-21(29)14-17-8-4-5-10-19(17)24/h4-10,13H,11-12,14-15H2,1-3H3,(H,25,30)(H,26,28)(H,27,29). The molecule has 0 saturated carbocycles. The van der Waals surface area contributed by atoms with Gasteiger partial charge < -0.3 is 20.7 Å². The van der Waals surface area contributed by atoms with Gasteiger partial charge >= 0.3 is 6.09 Å². The Bertz CT molecular complexity index is 925. The van der Waals surface area contributed by atoms with Gasteiger partial charge in [0, 0.05) is 29.7 Å². The van der Waals surface area contributed by atoms with Crippen LogP contribution in [-0.4, -0.2) is 30.1 Å². The van der Waals surface area contributed by atoms with Crippen LogP contribution in [0.2, 0.25) is 0 Å². The molecule has 2 aromatic rings. The van der Waals surface area contributed by atoms with Crippen molar-refractivity contribution in [2.24, 2.45) is 0 Å². The van der Waals surface area contributed by atoms with Gasteiger partial charge in [0.15, 0.2) is 0 Å². The summed E-state index contributed by atoms with van der Waals surface area (Å²) >= 11 is 3.44. The fraction of sp³-hybridized carbons (Fsp3) is 0.348. The Morgan fingerprint density at radius 2 is 1.71 bits per heavy atom. The highest BCUT2D eigenvalue weighted by molar-refractivity contribution is 9.10. The molecule has 0 unspecified atom stereocenters. The molecule has 7 nitrogen and oxygen atoms in total. The predicted octanol–water partition coefficient (Wildman–Crippen LogP) is 4.16. The third kappa shape index (κ3) is 9.65. The van der Waals surface area contributed by atoms with Crippen molar-refractivity contribution < 1.29 is 19.1 Å². The normalized spacial score (nSPS) is 10.8. The van der Waals surface area contributed by atoms with Gasteiger partial charge in [-0.15, -0.1) is 0 Å². The van der Waals surface area contributed by atoms with Gasteiger partial charge in [-0.3, -0.25) is 9.59 Å². The first-order valence-electron chi connectivity index (χ1n) is 9.98. The number of halogens is 1. The lowest BCUT2D eigenvalue weighted by Gasteiger charge is -2.19. The SMILES string of the molecule is CC(C)(C)OC(=O)NCCC(=O)NCc1cccc(NC(=O)Cc2ccccc2Br)c1. The molecule has 0 spiro atoms. The molecule has 0 radical (unpaired) electrons. The zero-order valence-corrected chi connectivity index (χ0v) is 19.5. The van der Waals surface area contributed by atoms with E-state index in [0.717, 1.165) is 15.6 Å². The molecule has 0 aliphatic carbocycles. The number of nitrogens with one attached hydrogen (secondary N) is 3. The number of alkyl carbamates (subject to hydrolysis) is 1. The second kappa shape index (κ2) is 11.5. The van der Waals surface area contributed by atoms with Crippen LogP contribution in [0.3, 0.4) is 0 Å². The van der Waals surface area contributed by atoms with Gasteiger partial charge in [-0.2, -0.15) is 0 Å². The Morgan fingerprint density at radius 3 is 2.42 bits per heavy atom. The monoisotopic (exact) mass is 489 g/mol. The summed E-state index contributed by atoms with van der Waals surface area (Å²) in [6, 6.07) is 14.9. The van der Waals surface area contributed by atoms with Crippen LogP contribution in [0.4, 0.5) is 10.5 Å². The molecular formula is C23H28BrN3O4. The topological polar surface area (TPSA) is 96.5 Å². The predicted molar refractivity (Wildman–Crippen MR) is 124 cm³/mol. The molecule has 0 saturated heterocycles. The van der Waals surface area contributed by atoms with Crippen LogP contribution >= 0.6 is 15.9 Å². The molecule has 31 heavy (non-hydrogen) atoms. The van der Waals surface area contributed by atoms with E-state index < -0.39 is 11.7 Å². The van der Waals surface area contributed by atoms with E-state index in [1.807, 2.05) is 42.5 Å². The molecule has 0 heterocycles. The fourth-order valence-electron chi connectivity index (χ4n) is 2.66. The van der Waals surface area contributed by atoms with Crippen molar-refractivity contribution in [3.8, 4) is 0 Å². The average Bonchev–Trinajstić information content (AvgIpc) is 2.67. The maximum Gasteiger partial charge on any atom is 0.407 e. The van der Waals surface area contributed by atoms with Crippen LogP contribution in [-0.2, 0) is 27.3 Å². The van der Waals surface area contributed by atoms with Gasteiger partial charge in [-0.1, -0.05) is 46.3 Å². The number of benzene rings is 2. The van der Waals surface area contributed by atoms with Crippen LogP contribution < -0.4 is 16.0 Å². The van der Waals surface area contributed by atoms with E-state index in [2.05, 4.69) is 31.9 Å². The highest BCUT2D eigenvalue weighted by Gasteiger charge is 2.15. The van der Waals surface area contributed by atoms with Gasteiger partial charge in [0.05, 0.1) is 6.42 Å². The van der Waals surface area contributed by atoms with E-state index in [4.69, 9.17) is 4.74 Å². The summed E-state index contributed by atoms with van der Waals surface area (Å²) in [5.74, 6) is -0.319. The van der Waals surface area contributed by atoms with E-state index in [0.29, 0.717) is 12.2 Å². The highest BCUT2D eigenvalue weighted by atomic mass is 79.9. The number of carbonyl (C=O) groups excluding carboxylic acids is 3. The maximum atomic E-state index is 12.3. The summed E-state index contributed by atoms with van der Waals surface area (Å²) < 4.78 is 6.01. The van der Waals surface area contributed by atoms with Crippen LogP contribution in [0, 0.1) is 0 Å². The molecule has 0 bridgehead atoms. The van der Waals surface area contributed by atoms with Crippen molar-refractivity contribution in [2.75, 3.05) is 11.9 Å². The molecule has 8 heteroatoms. The lowest BCUT2D eigenvalue weighted by atomic mass is 10.1. The lowest BCUT2D eigenvalue weighted by Crippen LogP contribution is -2.35. The molecule has 0 aliphatic heterocycles. The Kier molecular flexibility index (Phi) is 9.05. The van der Waals surface area contributed by atoms with Crippen molar-refractivity contribution in [3.05, 3.63) is 64.1 Å². The van der Waals surface area contributed by atoms with E-state index in [9.17, 15) is 14.4 Å². The Hall–Kier alpha value is -2.87. The van der Waals surface area contributed by atoms with E-state index >= 15 is 0 Å². The fourth-order valence-corrected chi connectivity index (χ4v) is 3.09. The Balaban J connectivity index is 1.76. The molecule has 3 N–H and O–H groups in total. The van der Waals surface area contributed by atoms with Crippen LogP contribution in [0.5, 0.6) is 0 Å². The third-order valence-corrected chi connectivity index (χ3v) is 4.80. The molecule has 0 aromatic heterocycles. The minimum Gasteiger partial charge on any atom is -0.444 e. The molecule has 0 fully saturated rings. The number of amides is 3. The zero-order chi connectivity index (χ0) is 22.9. The lowest BCUT2D eigenvalue weighted by molar-refractivity contribution is -0.121. The zero-order valence-electron chi connectivity index (χ0n) is 18.0. The Morgan fingerprint density at radius 1 is 0.968 bits per heavy atom. The van der Waals surface area contributed by atoms with Crippen LogP contribution in [0.15, 0.2) is 53.0 Å². The van der Waals surface area contributed by atoms with Gasteiger partial charge in [-0.05, 0) is 50.1 Å². The van der Waals surface area contributed by atoms with E-state index in [1.54, 1.807) is 26.8 Å². The number of hydrogen-bond donors (Lipinski definition) is 3. The summed E-state index contributed by atoms with van der Waals surface area (Å²) in [5, 5.41) is 8.23. The second-order valence-corrected chi connectivity index (χ2v) is 8.83. The van der Waals surface area contributed by atoms with E-state index in [-0.39, 0.29) is 31.2 Å². The number of rotatable bonds is 8. The molecule has 166 valence electrons. The van der Waals surface area contributed by atoms with Gasteiger partial charge in [0.1, 0.15) is 5.60 Å². The van der Waals surface area contributed by atoms with Crippen molar-refractivity contribution in [3.63, 3.8) is 0 Å². The second-order valence-electron chi connectivity index (χ2n) is 7.97. The maximum absolute atomic E-state index is 12.3. The molecule has 0 aliphatic rings. The van der Waals surface area contributed by atoms with E-state index in [1.165, 1.54) is 0 Å². The summed E-state index contributed by atoms with van der Waals surface area (Å²) in [6.45, 7) is 5.83. The summed E-state index contributed by atoms with van der Waals surface area (Å²) in [7, 11) is 0. The minimum absolute atomic E-state index is 0.124. The summed E-state index contributed by atoms with van der Waals surface area (Å²) in [5.41, 5.74) is 1.84. The largest absolute Gasteiger partial charge is 0.444 e.